The number of hydrogen-bond donors (Lipinski definition) is 2. The number of amides is 3. The Morgan fingerprint density at radius 2 is 1.52 bits per heavy atom. The zero-order chi connectivity index (χ0) is 30.7. The lowest BCUT2D eigenvalue weighted by molar-refractivity contribution is -0.144. The summed E-state index contributed by atoms with van der Waals surface area (Å²) in [4.78, 5) is 43.0. The van der Waals surface area contributed by atoms with Gasteiger partial charge < -0.3 is 20.3 Å². The van der Waals surface area contributed by atoms with Crippen molar-refractivity contribution in [2.75, 3.05) is 6.54 Å². The molecule has 3 amide bonds. The number of alkyl carbamates (subject to hydrolysis) is 1. The molecule has 0 heterocycles. The highest BCUT2D eigenvalue weighted by molar-refractivity contribution is 5.92. The zero-order valence-corrected chi connectivity index (χ0v) is 27.2. The van der Waals surface area contributed by atoms with Gasteiger partial charge in [0.1, 0.15) is 17.7 Å². The first kappa shape index (κ1) is 35.5. The summed E-state index contributed by atoms with van der Waals surface area (Å²) in [6.07, 6.45) is 6.40. The number of nitrogens with one attached hydrogen (secondary N) is 2. The average Bonchev–Trinajstić information content (AvgIpc) is 2.83. The molecule has 0 aliphatic rings. The molecule has 1 aromatic carbocycles. The summed E-state index contributed by atoms with van der Waals surface area (Å²) in [6, 6.07) is 4.25. The third-order valence-corrected chi connectivity index (χ3v) is 7.19. The van der Waals surface area contributed by atoms with Crippen LogP contribution in [0.3, 0.4) is 0 Å². The van der Waals surface area contributed by atoms with E-state index in [9.17, 15) is 14.4 Å². The molecule has 3 atom stereocenters. The molecule has 0 bridgehead atoms. The van der Waals surface area contributed by atoms with Crippen LogP contribution in [0.4, 0.5) is 4.79 Å². The smallest absolute Gasteiger partial charge is 0.408 e. The minimum absolute atomic E-state index is 0.156. The molecule has 0 radical (unpaired) electrons. The maximum absolute atomic E-state index is 14.5. The summed E-state index contributed by atoms with van der Waals surface area (Å²) in [7, 11) is 0. The van der Waals surface area contributed by atoms with Gasteiger partial charge in [-0.15, -0.1) is 0 Å². The molecule has 0 aromatic heterocycles. The van der Waals surface area contributed by atoms with Gasteiger partial charge in [0.15, 0.2) is 0 Å². The summed E-state index contributed by atoms with van der Waals surface area (Å²) < 4.78 is 5.52. The van der Waals surface area contributed by atoms with Gasteiger partial charge in [-0.3, -0.25) is 9.59 Å². The molecule has 1 aromatic rings. The quantitative estimate of drug-likeness (QED) is 0.233. The molecular weight excluding hydrogens is 502 g/mol. The van der Waals surface area contributed by atoms with Crippen LogP contribution in [0.25, 0.3) is 0 Å². The highest BCUT2D eigenvalue weighted by Gasteiger charge is 2.39. The minimum Gasteiger partial charge on any atom is -0.444 e. The van der Waals surface area contributed by atoms with Gasteiger partial charge in [-0.2, -0.15) is 0 Å². The van der Waals surface area contributed by atoms with Gasteiger partial charge in [0.25, 0.3) is 0 Å². The monoisotopic (exact) mass is 559 g/mol. The molecule has 0 saturated heterocycles. The highest BCUT2D eigenvalue weighted by Crippen LogP contribution is 2.29. The van der Waals surface area contributed by atoms with Crippen LogP contribution in [-0.2, 0) is 14.3 Å². The molecule has 228 valence electrons. The highest BCUT2D eigenvalue weighted by atomic mass is 16.6. The van der Waals surface area contributed by atoms with Crippen LogP contribution < -0.4 is 10.6 Å². The number of carbonyl (C=O) groups is 3. The van der Waals surface area contributed by atoms with Crippen molar-refractivity contribution in [3.05, 3.63) is 34.9 Å². The lowest BCUT2D eigenvalue weighted by Crippen LogP contribution is -2.56. The second kappa shape index (κ2) is 16.0. The SMILES string of the molecule is CCCCCCCCN(C(=O)C(NC(=O)OC(C)(C)C)C(C)CC)C(C(=O)NC(C)(C)C)c1cccc(C)c1C. The lowest BCUT2D eigenvalue weighted by Gasteiger charge is -2.38. The van der Waals surface area contributed by atoms with Crippen molar-refractivity contribution in [2.45, 2.75) is 144 Å². The first-order chi connectivity index (χ1) is 18.5. The largest absolute Gasteiger partial charge is 0.444 e. The van der Waals surface area contributed by atoms with E-state index in [0.717, 1.165) is 42.4 Å². The van der Waals surface area contributed by atoms with Crippen molar-refractivity contribution in [3.8, 4) is 0 Å². The fourth-order valence-electron chi connectivity index (χ4n) is 4.68. The maximum Gasteiger partial charge on any atom is 0.408 e. The summed E-state index contributed by atoms with van der Waals surface area (Å²) in [5.41, 5.74) is 1.67. The Balaban J connectivity index is 3.59. The number of carbonyl (C=O) groups excluding carboxylic acids is 3. The first-order valence-electron chi connectivity index (χ1n) is 15.2. The van der Waals surface area contributed by atoms with Gasteiger partial charge in [-0.05, 0) is 84.4 Å². The fourth-order valence-corrected chi connectivity index (χ4v) is 4.68. The van der Waals surface area contributed by atoms with Crippen LogP contribution in [0.5, 0.6) is 0 Å². The van der Waals surface area contributed by atoms with Gasteiger partial charge >= 0.3 is 6.09 Å². The predicted molar refractivity (Wildman–Crippen MR) is 164 cm³/mol. The van der Waals surface area contributed by atoms with E-state index < -0.39 is 29.3 Å². The zero-order valence-electron chi connectivity index (χ0n) is 27.2. The number of aryl methyl sites for hydroxylation is 1. The average molecular weight is 560 g/mol. The number of nitrogens with zero attached hydrogens (tertiary/aromatic N) is 1. The van der Waals surface area contributed by atoms with Crippen LogP contribution in [0.2, 0.25) is 0 Å². The van der Waals surface area contributed by atoms with Crippen LogP contribution in [0.15, 0.2) is 18.2 Å². The van der Waals surface area contributed by atoms with E-state index >= 15 is 0 Å². The molecule has 0 spiro atoms. The molecule has 3 unspecified atom stereocenters. The van der Waals surface area contributed by atoms with Gasteiger partial charge in [-0.1, -0.05) is 77.5 Å². The second-order valence-corrected chi connectivity index (χ2v) is 13.2. The van der Waals surface area contributed by atoms with Crippen molar-refractivity contribution in [2.24, 2.45) is 5.92 Å². The Hall–Kier alpha value is -2.57. The third-order valence-electron chi connectivity index (χ3n) is 7.19. The number of unbranched alkanes of at least 4 members (excludes halogenated alkanes) is 5. The third kappa shape index (κ3) is 11.9. The molecule has 0 aliphatic carbocycles. The molecule has 7 heteroatoms. The van der Waals surface area contributed by atoms with Gasteiger partial charge in [0.05, 0.1) is 0 Å². The maximum atomic E-state index is 14.5. The predicted octanol–water partition coefficient (Wildman–Crippen LogP) is 7.39. The number of hydrogen-bond acceptors (Lipinski definition) is 4. The van der Waals surface area contributed by atoms with E-state index in [1.807, 2.05) is 66.7 Å². The van der Waals surface area contributed by atoms with E-state index in [-0.39, 0.29) is 17.7 Å². The number of rotatable bonds is 14. The van der Waals surface area contributed by atoms with Crippen molar-refractivity contribution in [1.29, 1.82) is 0 Å². The molecule has 1 rings (SSSR count). The van der Waals surface area contributed by atoms with Crippen LogP contribution >= 0.6 is 0 Å². The lowest BCUT2D eigenvalue weighted by atomic mass is 9.92. The van der Waals surface area contributed by atoms with Crippen LogP contribution in [0, 0.1) is 19.8 Å². The fraction of sp³-hybridized carbons (Fsp3) is 0.727. The minimum atomic E-state index is -0.825. The van der Waals surface area contributed by atoms with Crippen molar-refractivity contribution in [3.63, 3.8) is 0 Å². The molecule has 2 N–H and O–H groups in total. The van der Waals surface area contributed by atoms with Crippen molar-refractivity contribution >= 4 is 17.9 Å². The Kier molecular flexibility index (Phi) is 14.2. The Morgan fingerprint density at radius 1 is 0.925 bits per heavy atom. The van der Waals surface area contributed by atoms with Crippen LogP contribution in [0.1, 0.15) is 130 Å². The first-order valence-corrected chi connectivity index (χ1v) is 15.2. The Labute approximate surface area is 244 Å². The van der Waals surface area contributed by atoms with Gasteiger partial charge in [0, 0.05) is 12.1 Å². The number of ether oxygens (including phenoxy) is 1. The van der Waals surface area contributed by atoms with Crippen molar-refractivity contribution < 1.29 is 19.1 Å². The second-order valence-electron chi connectivity index (χ2n) is 13.2. The number of benzene rings is 1. The molecule has 0 aliphatic heterocycles. The Morgan fingerprint density at radius 3 is 2.08 bits per heavy atom. The summed E-state index contributed by atoms with van der Waals surface area (Å²) >= 11 is 0. The summed E-state index contributed by atoms with van der Waals surface area (Å²) in [5, 5.41) is 5.99. The normalized spacial score (nSPS) is 14.2. The molecule has 40 heavy (non-hydrogen) atoms. The van der Waals surface area contributed by atoms with E-state index in [1.54, 1.807) is 25.7 Å². The molecule has 0 fully saturated rings. The standard InChI is InChI=1S/C33H57N3O4/c1-12-14-15-16-17-18-22-36(30(38)27(23(3)13-2)34-31(39)40-33(9,10)11)28(29(37)35-32(6,7)8)26-21-19-20-24(4)25(26)5/h19-21,23,27-28H,12-18,22H2,1-11H3,(H,34,39)(H,35,37). The van der Waals surface area contributed by atoms with Crippen molar-refractivity contribution in [1.82, 2.24) is 15.5 Å². The topological polar surface area (TPSA) is 87.7 Å². The summed E-state index contributed by atoms with van der Waals surface area (Å²) in [6.45, 7) is 21.8. The van der Waals surface area contributed by atoms with E-state index in [4.69, 9.17) is 4.74 Å². The molecule has 7 nitrogen and oxygen atoms in total. The molecular formula is C33H57N3O4. The Bertz CT molecular complexity index is 961. The van der Waals surface area contributed by atoms with E-state index in [1.165, 1.54) is 12.8 Å². The van der Waals surface area contributed by atoms with Gasteiger partial charge in [0.2, 0.25) is 11.8 Å². The van der Waals surface area contributed by atoms with E-state index in [0.29, 0.717) is 13.0 Å². The van der Waals surface area contributed by atoms with Gasteiger partial charge in [-0.25, -0.2) is 4.79 Å². The summed E-state index contributed by atoms with van der Waals surface area (Å²) in [5.74, 6) is -0.638. The van der Waals surface area contributed by atoms with E-state index in [2.05, 4.69) is 17.6 Å². The van der Waals surface area contributed by atoms with Crippen LogP contribution in [-0.4, -0.2) is 46.5 Å². The molecule has 0 saturated carbocycles.